The van der Waals surface area contributed by atoms with Crippen LogP contribution in [-0.4, -0.2) is 23.6 Å². The topological polar surface area (TPSA) is 12.0 Å². The second kappa shape index (κ2) is 6.15. The van der Waals surface area contributed by atoms with E-state index in [-0.39, 0.29) is 0 Å². The molecule has 2 fully saturated rings. The average molecular weight is 227 g/mol. The molecule has 2 atom stereocenters. The van der Waals surface area contributed by atoms with Gasteiger partial charge in [0.25, 0.3) is 0 Å². The van der Waals surface area contributed by atoms with Crippen LogP contribution in [0.25, 0.3) is 0 Å². The van der Waals surface area contributed by atoms with E-state index in [0.29, 0.717) is 0 Å². The van der Waals surface area contributed by atoms with Crippen LogP contribution in [0.3, 0.4) is 0 Å². The van der Waals surface area contributed by atoms with Crippen molar-refractivity contribution in [2.24, 2.45) is 5.92 Å². The Morgan fingerprint density at radius 3 is 2.53 bits per heavy atom. The van der Waals surface area contributed by atoms with Gasteiger partial charge in [-0.05, 0) is 44.3 Å². The Bertz CT molecular complexity index is 171. The van der Waals surface area contributed by atoms with Crippen LogP contribution < -0.4 is 5.32 Å². The van der Waals surface area contributed by atoms with Gasteiger partial charge in [-0.2, -0.15) is 11.8 Å². The van der Waals surface area contributed by atoms with Gasteiger partial charge in [0.15, 0.2) is 0 Å². The molecule has 2 aliphatic rings. The van der Waals surface area contributed by atoms with E-state index < -0.39 is 0 Å². The molecule has 1 aliphatic heterocycles. The third-order valence-corrected chi connectivity index (χ3v) is 5.23. The molecule has 2 unspecified atom stereocenters. The van der Waals surface area contributed by atoms with E-state index in [1.165, 1.54) is 56.5 Å². The third kappa shape index (κ3) is 3.67. The van der Waals surface area contributed by atoms with Crippen molar-refractivity contribution in [2.75, 3.05) is 11.5 Å². The van der Waals surface area contributed by atoms with Crippen LogP contribution in [-0.2, 0) is 0 Å². The van der Waals surface area contributed by atoms with Gasteiger partial charge in [0, 0.05) is 17.8 Å². The highest BCUT2D eigenvalue weighted by molar-refractivity contribution is 7.99. The summed E-state index contributed by atoms with van der Waals surface area (Å²) in [6.07, 6.45) is 10.2. The normalized spacial score (nSPS) is 31.4. The SMILES string of the molecule is CC(NC1CCCSC1)C1CCCCC1. The van der Waals surface area contributed by atoms with E-state index in [4.69, 9.17) is 0 Å². The second-order valence-corrected chi connectivity index (χ2v) is 6.42. The van der Waals surface area contributed by atoms with Gasteiger partial charge in [-0.25, -0.2) is 0 Å². The molecule has 2 rings (SSSR count). The third-order valence-electron chi connectivity index (χ3n) is 4.02. The van der Waals surface area contributed by atoms with Crippen molar-refractivity contribution in [2.45, 2.75) is 64.0 Å². The molecule has 0 aromatic carbocycles. The molecule has 0 spiro atoms. The zero-order valence-corrected chi connectivity index (χ0v) is 10.8. The van der Waals surface area contributed by atoms with Crippen LogP contribution in [0.15, 0.2) is 0 Å². The van der Waals surface area contributed by atoms with Gasteiger partial charge < -0.3 is 5.32 Å². The lowest BCUT2D eigenvalue weighted by Gasteiger charge is -2.33. The molecule has 0 radical (unpaired) electrons. The highest BCUT2D eigenvalue weighted by Gasteiger charge is 2.23. The summed E-state index contributed by atoms with van der Waals surface area (Å²) in [6.45, 7) is 2.41. The van der Waals surface area contributed by atoms with Crippen molar-refractivity contribution in [3.05, 3.63) is 0 Å². The molecule has 1 nitrogen and oxygen atoms in total. The Morgan fingerprint density at radius 1 is 1.07 bits per heavy atom. The molecule has 0 aromatic heterocycles. The van der Waals surface area contributed by atoms with Crippen molar-refractivity contribution in [1.82, 2.24) is 5.32 Å². The summed E-state index contributed by atoms with van der Waals surface area (Å²) < 4.78 is 0. The van der Waals surface area contributed by atoms with E-state index in [9.17, 15) is 0 Å². The molecule has 88 valence electrons. The Morgan fingerprint density at radius 2 is 1.87 bits per heavy atom. The van der Waals surface area contributed by atoms with E-state index >= 15 is 0 Å². The van der Waals surface area contributed by atoms with E-state index in [1.807, 2.05) is 0 Å². The standard InChI is InChI=1S/C13H25NS/c1-11(12-6-3-2-4-7-12)14-13-8-5-9-15-10-13/h11-14H,2-10H2,1H3. The van der Waals surface area contributed by atoms with E-state index in [0.717, 1.165) is 18.0 Å². The largest absolute Gasteiger partial charge is 0.310 e. The van der Waals surface area contributed by atoms with Gasteiger partial charge in [0.05, 0.1) is 0 Å². The molecule has 1 aliphatic carbocycles. The van der Waals surface area contributed by atoms with Crippen LogP contribution in [0.1, 0.15) is 51.9 Å². The van der Waals surface area contributed by atoms with Crippen molar-refractivity contribution in [3.63, 3.8) is 0 Å². The lowest BCUT2D eigenvalue weighted by molar-refractivity contribution is 0.264. The first kappa shape index (κ1) is 11.8. The first-order valence-corrected chi connectivity index (χ1v) is 7.85. The summed E-state index contributed by atoms with van der Waals surface area (Å²) in [5, 5.41) is 3.87. The van der Waals surface area contributed by atoms with Gasteiger partial charge in [0.1, 0.15) is 0 Å². The molecule has 0 aromatic rings. The van der Waals surface area contributed by atoms with Crippen LogP contribution in [0, 0.1) is 5.92 Å². The number of rotatable bonds is 3. The number of thioether (sulfide) groups is 1. The first-order chi connectivity index (χ1) is 7.36. The zero-order valence-electron chi connectivity index (χ0n) is 10.0. The molecule has 0 bridgehead atoms. The molecular weight excluding hydrogens is 202 g/mol. The van der Waals surface area contributed by atoms with Crippen molar-refractivity contribution >= 4 is 11.8 Å². The van der Waals surface area contributed by atoms with Crippen LogP contribution in [0.5, 0.6) is 0 Å². The predicted octanol–water partition coefficient (Wildman–Crippen LogP) is 3.44. The van der Waals surface area contributed by atoms with Crippen molar-refractivity contribution in [3.8, 4) is 0 Å². The van der Waals surface area contributed by atoms with E-state index in [2.05, 4.69) is 24.0 Å². The van der Waals surface area contributed by atoms with Gasteiger partial charge in [-0.15, -0.1) is 0 Å². The van der Waals surface area contributed by atoms with Gasteiger partial charge in [-0.1, -0.05) is 19.3 Å². The zero-order chi connectivity index (χ0) is 10.5. The lowest BCUT2D eigenvalue weighted by Crippen LogP contribution is -2.43. The van der Waals surface area contributed by atoms with Crippen LogP contribution in [0.4, 0.5) is 0 Å². The first-order valence-electron chi connectivity index (χ1n) is 6.70. The quantitative estimate of drug-likeness (QED) is 0.792. The fourth-order valence-electron chi connectivity index (χ4n) is 3.01. The average Bonchev–Trinajstić information content (AvgIpc) is 2.31. The maximum atomic E-state index is 3.87. The Labute approximate surface area is 98.8 Å². The van der Waals surface area contributed by atoms with Crippen molar-refractivity contribution < 1.29 is 0 Å². The summed E-state index contributed by atoms with van der Waals surface area (Å²) in [5.74, 6) is 3.69. The minimum Gasteiger partial charge on any atom is -0.310 e. The molecule has 2 heteroatoms. The lowest BCUT2D eigenvalue weighted by atomic mass is 9.84. The van der Waals surface area contributed by atoms with Gasteiger partial charge in [-0.3, -0.25) is 0 Å². The Balaban J connectivity index is 1.72. The predicted molar refractivity (Wildman–Crippen MR) is 69.5 cm³/mol. The fourth-order valence-corrected chi connectivity index (χ4v) is 4.10. The molecular formula is C13H25NS. The molecule has 1 saturated carbocycles. The number of hydrogen-bond donors (Lipinski definition) is 1. The monoisotopic (exact) mass is 227 g/mol. The van der Waals surface area contributed by atoms with Crippen molar-refractivity contribution in [1.29, 1.82) is 0 Å². The maximum absolute atomic E-state index is 3.87. The highest BCUT2D eigenvalue weighted by atomic mass is 32.2. The van der Waals surface area contributed by atoms with Gasteiger partial charge >= 0.3 is 0 Å². The second-order valence-electron chi connectivity index (χ2n) is 5.27. The fraction of sp³-hybridized carbons (Fsp3) is 1.00. The van der Waals surface area contributed by atoms with Crippen LogP contribution in [0.2, 0.25) is 0 Å². The maximum Gasteiger partial charge on any atom is 0.0161 e. The van der Waals surface area contributed by atoms with Gasteiger partial charge in [0.2, 0.25) is 0 Å². The number of hydrogen-bond acceptors (Lipinski definition) is 2. The Kier molecular flexibility index (Phi) is 4.83. The number of nitrogens with one attached hydrogen (secondary N) is 1. The molecule has 0 amide bonds. The Hall–Kier alpha value is 0.310. The summed E-state index contributed by atoms with van der Waals surface area (Å²) in [6, 6.07) is 1.56. The van der Waals surface area contributed by atoms with Crippen LogP contribution >= 0.6 is 11.8 Å². The summed E-state index contributed by atoms with van der Waals surface area (Å²) in [5.41, 5.74) is 0. The summed E-state index contributed by atoms with van der Waals surface area (Å²) in [4.78, 5) is 0. The summed E-state index contributed by atoms with van der Waals surface area (Å²) >= 11 is 2.13. The minimum atomic E-state index is 0.758. The van der Waals surface area contributed by atoms with E-state index in [1.54, 1.807) is 0 Å². The summed E-state index contributed by atoms with van der Waals surface area (Å²) in [7, 11) is 0. The molecule has 15 heavy (non-hydrogen) atoms. The molecule has 1 saturated heterocycles. The smallest absolute Gasteiger partial charge is 0.0161 e. The minimum absolute atomic E-state index is 0.758. The molecule has 1 N–H and O–H groups in total. The molecule has 1 heterocycles. The highest BCUT2D eigenvalue weighted by Crippen LogP contribution is 2.27.